The minimum atomic E-state index is -0.416. The number of aryl methyl sites for hydroxylation is 1. The first-order valence-corrected chi connectivity index (χ1v) is 9.02. The number of amides is 2. The van der Waals surface area contributed by atoms with Gasteiger partial charge in [-0.2, -0.15) is 4.98 Å². The van der Waals surface area contributed by atoms with Crippen LogP contribution in [0.1, 0.15) is 11.3 Å². The van der Waals surface area contributed by atoms with Crippen molar-refractivity contribution in [2.45, 2.75) is 13.3 Å². The van der Waals surface area contributed by atoms with Gasteiger partial charge in [0.05, 0.1) is 6.42 Å². The number of anilines is 2. The summed E-state index contributed by atoms with van der Waals surface area (Å²) in [7, 11) is 0. The number of benzene rings is 2. The Hall–Kier alpha value is -3.65. The van der Waals surface area contributed by atoms with Crippen molar-refractivity contribution in [3.05, 3.63) is 65.1 Å². The third kappa shape index (κ3) is 4.27. The molecular weight excluding hydrogens is 396 g/mol. The third-order valence-corrected chi connectivity index (χ3v) is 4.52. The van der Waals surface area contributed by atoms with Gasteiger partial charge in [0.15, 0.2) is 0 Å². The molecule has 0 bridgehead atoms. The molecular formula is C20H15ClN4O4. The maximum atomic E-state index is 12.3. The first-order chi connectivity index (χ1) is 14.0. The van der Waals surface area contributed by atoms with Crippen molar-refractivity contribution in [2.75, 3.05) is 10.6 Å². The van der Waals surface area contributed by atoms with E-state index in [1.165, 1.54) is 6.33 Å². The fourth-order valence-corrected chi connectivity index (χ4v) is 2.86. The molecule has 0 aliphatic carbocycles. The van der Waals surface area contributed by atoms with Crippen molar-refractivity contribution in [3.8, 4) is 17.4 Å². The molecule has 1 aromatic heterocycles. The summed E-state index contributed by atoms with van der Waals surface area (Å²) in [4.78, 5) is 31.8. The summed E-state index contributed by atoms with van der Waals surface area (Å²) in [5, 5.41) is 6.10. The minimum absolute atomic E-state index is 0.0835. The molecule has 146 valence electrons. The number of halogens is 1. The van der Waals surface area contributed by atoms with E-state index in [4.69, 9.17) is 21.1 Å². The number of nitrogens with one attached hydrogen (secondary N) is 2. The van der Waals surface area contributed by atoms with Crippen LogP contribution in [0.3, 0.4) is 0 Å². The van der Waals surface area contributed by atoms with Gasteiger partial charge in [0.1, 0.15) is 17.8 Å². The van der Waals surface area contributed by atoms with Gasteiger partial charge in [-0.1, -0.05) is 17.7 Å². The maximum Gasteiger partial charge on any atom is 0.323 e. The highest BCUT2D eigenvalue weighted by molar-refractivity contribution is 6.31. The number of aromatic nitrogens is 2. The van der Waals surface area contributed by atoms with Crippen LogP contribution in [0.5, 0.6) is 17.4 Å². The van der Waals surface area contributed by atoms with E-state index >= 15 is 0 Å². The molecule has 4 rings (SSSR count). The van der Waals surface area contributed by atoms with Crippen LogP contribution in [-0.4, -0.2) is 22.0 Å². The fraction of sp³-hybridized carbons (Fsp3) is 0.100. The molecule has 0 saturated carbocycles. The molecule has 8 nitrogen and oxygen atoms in total. The lowest BCUT2D eigenvalue weighted by atomic mass is 10.2. The van der Waals surface area contributed by atoms with Crippen LogP contribution in [-0.2, 0) is 11.2 Å². The lowest BCUT2D eigenvalue weighted by molar-refractivity contribution is -0.132. The normalized spacial score (nSPS) is 12.1. The summed E-state index contributed by atoms with van der Waals surface area (Å²) in [6.07, 6.45) is 1.39. The van der Waals surface area contributed by atoms with Crippen LogP contribution in [0.15, 0.2) is 48.8 Å². The molecule has 0 fully saturated rings. The first kappa shape index (κ1) is 18.7. The molecule has 2 amide bonds. The number of carbonyl (C=O) groups excluding carboxylic acids is 2. The summed E-state index contributed by atoms with van der Waals surface area (Å²) in [5.41, 5.74) is 2.47. The largest absolute Gasteiger partial charge is 0.436 e. The summed E-state index contributed by atoms with van der Waals surface area (Å²) in [6, 6.07) is 11.5. The van der Waals surface area contributed by atoms with Crippen LogP contribution >= 0.6 is 11.6 Å². The molecule has 0 saturated heterocycles. The van der Waals surface area contributed by atoms with Crippen molar-refractivity contribution in [2.24, 2.45) is 0 Å². The van der Waals surface area contributed by atoms with E-state index in [9.17, 15) is 9.59 Å². The van der Waals surface area contributed by atoms with E-state index in [-0.39, 0.29) is 18.1 Å². The van der Waals surface area contributed by atoms with Gasteiger partial charge in [0, 0.05) is 22.5 Å². The number of urea groups is 1. The highest BCUT2D eigenvalue weighted by Gasteiger charge is 2.27. The number of nitrogens with zero attached hydrogens (tertiary/aromatic N) is 2. The number of rotatable bonds is 4. The second-order valence-corrected chi connectivity index (χ2v) is 6.69. The molecule has 3 aromatic rings. The predicted octanol–water partition coefficient (Wildman–Crippen LogP) is 4.34. The van der Waals surface area contributed by atoms with E-state index in [1.54, 1.807) is 42.5 Å². The van der Waals surface area contributed by atoms with Gasteiger partial charge in [-0.05, 0) is 42.8 Å². The molecule has 1 aliphatic rings. The number of carbonyl (C=O) groups is 2. The molecule has 2 aromatic carbocycles. The Labute approximate surface area is 170 Å². The summed E-state index contributed by atoms with van der Waals surface area (Å²) >= 11 is 6.00. The zero-order valence-corrected chi connectivity index (χ0v) is 16.0. The van der Waals surface area contributed by atoms with E-state index in [0.29, 0.717) is 27.8 Å². The number of hydrogen-bond donors (Lipinski definition) is 2. The number of fused-ring (bicyclic) bond motifs is 1. The zero-order valence-electron chi connectivity index (χ0n) is 15.2. The van der Waals surface area contributed by atoms with Gasteiger partial charge in [-0.25, -0.2) is 9.78 Å². The topological polar surface area (TPSA) is 102 Å². The Kier molecular flexibility index (Phi) is 5.01. The van der Waals surface area contributed by atoms with E-state index in [1.807, 2.05) is 6.92 Å². The van der Waals surface area contributed by atoms with Crippen LogP contribution < -0.4 is 20.1 Å². The Morgan fingerprint density at radius 2 is 1.93 bits per heavy atom. The van der Waals surface area contributed by atoms with Gasteiger partial charge < -0.3 is 20.1 Å². The predicted molar refractivity (Wildman–Crippen MR) is 107 cm³/mol. The van der Waals surface area contributed by atoms with Crippen molar-refractivity contribution in [1.29, 1.82) is 0 Å². The molecule has 0 atom stereocenters. The van der Waals surface area contributed by atoms with Gasteiger partial charge >= 0.3 is 12.0 Å². The lowest BCUT2D eigenvalue weighted by Crippen LogP contribution is -2.19. The van der Waals surface area contributed by atoms with Gasteiger partial charge in [-0.15, -0.1) is 0 Å². The summed E-state index contributed by atoms with van der Waals surface area (Å²) in [6.45, 7) is 1.85. The van der Waals surface area contributed by atoms with Gasteiger partial charge in [-0.3, -0.25) is 4.79 Å². The van der Waals surface area contributed by atoms with Crippen molar-refractivity contribution < 1.29 is 19.1 Å². The first-order valence-electron chi connectivity index (χ1n) is 8.64. The highest BCUT2D eigenvalue weighted by atomic mass is 35.5. The quantitative estimate of drug-likeness (QED) is 0.620. The number of ether oxygens (including phenoxy) is 2. The lowest BCUT2D eigenvalue weighted by Gasteiger charge is -2.11. The smallest absolute Gasteiger partial charge is 0.323 e. The minimum Gasteiger partial charge on any atom is -0.436 e. The molecule has 29 heavy (non-hydrogen) atoms. The standard InChI is InChI=1S/C20H15ClN4O4/c1-11-7-13(5-6-15(11)21)25-20(27)24-12-3-2-4-14(8-12)28-19-18-16(22-10-23-19)9-17(26)29-18/h2-8,10H,9H2,1H3,(H2,24,25,27). The molecule has 9 heteroatoms. The van der Waals surface area contributed by atoms with Crippen LogP contribution in [0.25, 0.3) is 0 Å². The van der Waals surface area contributed by atoms with E-state index < -0.39 is 12.0 Å². The monoisotopic (exact) mass is 410 g/mol. The van der Waals surface area contributed by atoms with Gasteiger partial charge in [0.25, 0.3) is 5.88 Å². The Morgan fingerprint density at radius 3 is 2.72 bits per heavy atom. The fourth-order valence-electron chi connectivity index (χ4n) is 2.74. The Balaban J connectivity index is 1.45. The molecule has 1 aliphatic heterocycles. The average molecular weight is 411 g/mol. The van der Waals surface area contributed by atoms with Crippen LogP contribution in [0.4, 0.5) is 16.2 Å². The van der Waals surface area contributed by atoms with Crippen molar-refractivity contribution >= 4 is 35.0 Å². The average Bonchev–Trinajstić information content (AvgIpc) is 3.06. The molecule has 2 heterocycles. The maximum absolute atomic E-state index is 12.3. The molecule has 0 spiro atoms. The second kappa shape index (κ2) is 7.76. The Morgan fingerprint density at radius 1 is 1.14 bits per heavy atom. The molecule has 0 radical (unpaired) electrons. The van der Waals surface area contributed by atoms with Crippen molar-refractivity contribution in [3.63, 3.8) is 0 Å². The molecule has 2 N–H and O–H groups in total. The number of hydrogen-bond acceptors (Lipinski definition) is 6. The summed E-state index contributed by atoms with van der Waals surface area (Å²) < 4.78 is 10.8. The van der Waals surface area contributed by atoms with Crippen LogP contribution in [0.2, 0.25) is 5.02 Å². The third-order valence-electron chi connectivity index (χ3n) is 4.09. The van der Waals surface area contributed by atoms with E-state index in [0.717, 1.165) is 5.56 Å². The van der Waals surface area contributed by atoms with Crippen LogP contribution in [0, 0.1) is 6.92 Å². The second-order valence-electron chi connectivity index (χ2n) is 6.28. The van der Waals surface area contributed by atoms with Gasteiger partial charge in [0.2, 0.25) is 5.75 Å². The molecule has 0 unspecified atom stereocenters. The highest BCUT2D eigenvalue weighted by Crippen LogP contribution is 2.35. The van der Waals surface area contributed by atoms with Crippen molar-refractivity contribution in [1.82, 2.24) is 9.97 Å². The summed E-state index contributed by atoms with van der Waals surface area (Å²) in [5.74, 6) is 0.356. The zero-order chi connectivity index (χ0) is 20.4. The SMILES string of the molecule is Cc1cc(NC(=O)Nc2cccc(Oc3ncnc4c3OC(=O)C4)c2)ccc1Cl. The number of esters is 1. The van der Waals surface area contributed by atoms with E-state index in [2.05, 4.69) is 20.6 Å². The Bertz CT molecular complexity index is 1120.